The number of nitrogens with zero attached hydrogens (tertiary/aromatic N) is 1. The highest BCUT2D eigenvalue weighted by molar-refractivity contribution is 5.83. The van der Waals surface area contributed by atoms with Crippen LogP contribution in [0.4, 0.5) is 0 Å². The fourth-order valence-electron chi connectivity index (χ4n) is 2.53. The molecule has 0 aliphatic carbocycles. The van der Waals surface area contributed by atoms with E-state index >= 15 is 0 Å². The fourth-order valence-corrected chi connectivity index (χ4v) is 2.53. The highest BCUT2D eigenvalue weighted by Gasteiger charge is 2.30. The molecule has 1 unspecified atom stereocenters. The zero-order valence-corrected chi connectivity index (χ0v) is 12.3. The highest BCUT2D eigenvalue weighted by Crippen LogP contribution is 2.28. The van der Waals surface area contributed by atoms with Crippen molar-refractivity contribution < 1.29 is 14.3 Å². The number of likely N-dealkylation sites (tertiary alicyclic amines) is 1. The number of rotatable bonds is 6. The Balaban J connectivity index is 2.05. The van der Waals surface area contributed by atoms with Crippen LogP contribution in [-0.2, 0) is 11.3 Å². The molecule has 1 N–H and O–H groups in total. The van der Waals surface area contributed by atoms with Crippen LogP contribution in [0.25, 0.3) is 0 Å². The second-order valence-corrected chi connectivity index (χ2v) is 4.85. The molecule has 1 saturated heterocycles. The zero-order chi connectivity index (χ0) is 14.5. The molecule has 1 aromatic carbocycles. The largest absolute Gasteiger partial charge is 0.493 e. The van der Waals surface area contributed by atoms with Crippen molar-refractivity contribution in [2.75, 3.05) is 27.3 Å². The smallest absolute Gasteiger partial charge is 0.240 e. The second-order valence-electron chi connectivity index (χ2n) is 4.85. The molecule has 5 heteroatoms. The highest BCUT2D eigenvalue weighted by atomic mass is 16.5. The Kier molecular flexibility index (Phi) is 4.84. The third-order valence-corrected chi connectivity index (χ3v) is 3.57. The van der Waals surface area contributed by atoms with Crippen LogP contribution < -0.4 is 14.8 Å². The monoisotopic (exact) mass is 278 g/mol. The molecule has 0 aromatic heterocycles. The van der Waals surface area contributed by atoms with Crippen LogP contribution in [0.3, 0.4) is 0 Å². The summed E-state index contributed by atoms with van der Waals surface area (Å²) in [5.41, 5.74) is 1.05. The molecule has 1 aliphatic heterocycles. The molecule has 1 aromatic rings. The maximum absolute atomic E-state index is 12.2. The van der Waals surface area contributed by atoms with E-state index in [2.05, 4.69) is 5.32 Å². The van der Waals surface area contributed by atoms with Gasteiger partial charge in [-0.1, -0.05) is 13.0 Å². The van der Waals surface area contributed by atoms with Crippen molar-refractivity contribution in [3.05, 3.63) is 23.8 Å². The summed E-state index contributed by atoms with van der Waals surface area (Å²) in [6.45, 7) is 4.25. The Morgan fingerprint density at radius 1 is 1.30 bits per heavy atom. The van der Waals surface area contributed by atoms with Gasteiger partial charge in [-0.2, -0.15) is 0 Å². The molecule has 1 amide bonds. The maximum atomic E-state index is 12.2. The van der Waals surface area contributed by atoms with Gasteiger partial charge in [-0.15, -0.1) is 0 Å². The molecule has 0 bridgehead atoms. The van der Waals surface area contributed by atoms with Crippen molar-refractivity contribution in [1.29, 1.82) is 0 Å². The van der Waals surface area contributed by atoms with Crippen molar-refractivity contribution in [3.63, 3.8) is 0 Å². The first-order chi connectivity index (χ1) is 9.69. The van der Waals surface area contributed by atoms with Crippen molar-refractivity contribution in [2.24, 2.45) is 0 Å². The third-order valence-electron chi connectivity index (χ3n) is 3.57. The van der Waals surface area contributed by atoms with Gasteiger partial charge in [-0.05, 0) is 30.7 Å². The Morgan fingerprint density at radius 2 is 2.05 bits per heavy atom. The van der Waals surface area contributed by atoms with Gasteiger partial charge in [0.05, 0.1) is 20.3 Å². The molecule has 1 heterocycles. The molecular formula is C15H22N2O3. The molecule has 1 fully saturated rings. The van der Waals surface area contributed by atoms with Crippen LogP contribution in [0.2, 0.25) is 0 Å². The number of methoxy groups -OCH3 is 2. The van der Waals surface area contributed by atoms with Gasteiger partial charge in [-0.25, -0.2) is 0 Å². The summed E-state index contributed by atoms with van der Waals surface area (Å²) in [5.74, 6) is 1.58. The first-order valence-corrected chi connectivity index (χ1v) is 6.92. The molecule has 1 aliphatic rings. The lowest BCUT2D eigenvalue weighted by atomic mass is 10.2. The SMILES string of the molecule is CCNC1CCN(Cc2ccc(OC)c(OC)c2)C1=O. The van der Waals surface area contributed by atoms with E-state index in [-0.39, 0.29) is 11.9 Å². The number of likely N-dealkylation sites (N-methyl/N-ethyl adjacent to an activating group) is 1. The lowest BCUT2D eigenvalue weighted by Crippen LogP contribution is -2.37. The Morgan fingerprint density at radius 3 is 2.70 bits per heavy atom. The Labute approximate surface area is 119 Å². The van der Waals surface area contributed by atoms with Gasteiger partial charge in [0.1, 0.15) is 0 Å². The molecule has 5 nitrogen and oxygen atoms in total. The van der Waals surface area contributed by atoms with E-state index in [9.17, 15) is 4.79 Å². The van der Waals surface area contributed by atoms with Gasteiger partial charge in [-0.3, -0.25) is 4.79 Å². The van der Waals surface area contributed by atoms with E-state index in [0.717, 1.165) is 25.1 Å². The Bertz CT molecular complexity index is 476. The summed E-state index contributed by atoms with van der Waals surface area (Å²) in [4.78, 5) is 14.1. The molecule has 0 radical (unpaired) electrons. The number of nitrogens with one attached hydrogen (secondary N) is 1. The summed E-state index contributed by atoms with van der Waals surface area (Å²) in [6, 6.07) is 5.73. The predicted molar refractivity (Wildman–Crippen MR) is 77.0 cm³/mol. The van der Waals surface area contributed by atoms with E-state index in [0.29, 0.717) is 18.0 Å². The second kappa shape index (κ2) is 6.61. The average Bonchev–Trinajstić information content (AvgIpc) is 2.80. The number of carbonyl (C=O) groups excluding carboxylic acids is 1. The number of hydrogen-bond donors (Lipinski definition) is 1. The number of benzene rings is 1. The standard InChI is InChI=1S/C15H22N2O3/c1-4-16-12-7-8-17(15(12)18)10-11-5-6-13(19-2)14(9-11)20-3/h5-6,9,12,16H,4,7-8,10H2,1-3H3. The minimum Gasteiger partial charge on any atom is -0.493 e. The fraction of sp³-hybridized carbons (Fsp3) is 0.533. The van der Waals surface area contributed by atoms with Gasteiger partial charge in [0, 0.05) is 13.1 Å². The van der Waals surface area contributed by atoms with E-state index in [1.54, 1.807) is 14.2 Å². The third kappa shape index (κ3) is 3.04. The van der Waals surface area contributed by atoms with Gasteiger partial charge < -0.3 is 19.7 Å². The molecule has 2 rings (SSSR count). The number of ether oxygens (including phenoxy) is 2. The quantitative estimate of drug-likeness (QED) is 0.855. The first-order valence-electron chi connectivity index (χ1n) is 6.92. The van der Waals surface area contributed by atoms with E-state index in [4.69, 9.17) is 9.47 Å². The first kappa shape index (κ1) is 14.7. The topological polar surface area (TPSA) is 50.8 Å². The van der Waals surface area contributed by atoms with Crippen molar-refractivity contribution >= 4 is 5.91 Å². The Hall–Kier alpha value is -1.75. The van der Waals surface area contributed by atoms with Crippen LogP contribution in [0.1, 0.15) is 18.9 Å². The summed E-state index contributed by atoms with van der Waals surface area (Å²) in [5, 5.41) is 3.21. The average molecular weight is 278 g/mol. The van der Waals surface area contributed by atoms with E-state index < -0.39 is 0 Å². The van der Waals surface area contributed by atoms with Crippen LogP contribution in [-0.4, -0.2) is 44.2 Å². The maximum Gasteiger partial charge on any atom is 0.240 e. The van der Waals surface area contributed by atoms with E-state index in [1.165, 1.54) is 0 Å². The van der Waals surface area contributed by atoms with Crippen LogP contribution >= 0.6 is 0 Å². The molecular weight excluding hydrogens is 256 g/mol. The van der Waals surface area contributed by atoms with Crippen molar-refractivity contribution in [1.82, 2.24) is 10.2 Å². The molecule has 1 atom stereocenters. The molecule has 20 heavy (non-hydrogen) atoms. The number of carbonyl (C=O) groups is 1. The normalized spacial score (nSPS) is 18.4. The van der Waals surface area contributed by atoms with Gasteiger partial charge in [0.15, 0.2) is 11.5 Å². The minimum absolute atomic E-state index is 0.0276. The molecule has 110 valence electrons. The summed E-state index contributed by atoms with van der Waals surface area (Å²) >= 11 is 0. The number of hydrogen-bond acceptors (Lipinski definition) is 4. The molecule has 0 spiro atoms. The zero-order valence-electron chi connectivity index (χ0n) is 12.3. The van der Waals surface area contributed by atoms with E-state index in [1.807, 2.05) is 30.0 Å². The predicted octanol–water partition coefficient (Wildman–Crippen LogP) is 1.41. The lowest BCUT2D eigenvalue weighted by Gasteiger charge is -2.18. The van der Waals surface area contributed by atoms with Crippen molar-refractivity contribution in [3.8, 4) is 11.5 Å². The van der Waals surface area contributed by atoms with Gasteiger partial charge in [0.25, 0.3) is 0 Å². The summed E-state index contributed by atoms with van der Waals surface area (Å²) < 4.78 is 10.5. The van der Waals surface area contributed by atoms with Gasteiger partial charge >= 0.3 is 0 Å². The van der Waals surface area contributed by atoms with Crippen LogP contribution in [0.15, 0.2) is 18.2 Å². The van der Waals surface area contributed by atoms with Crippen LogP contribution in [0.5, 0.6) is 11.5 Å². The molecule has 0 saturated carbocycles. The lowest BCUT2D eigenvalue weighted by molar-refractivity contribution is -0.129. The minimum atomic E-state index is -0.0276. The summed E-state index contributed by atoms with van der Waals surface area (Å²) in [7, 11) is 3.23. The summed E-state index contributed by atoms with van der Waals surface area (Å²) in [6.07, 6.45) is 0.875. The van der Waals surface area contributed by atoms with Gasteiger partial charge in [0.2, 0.25) is 5.91 Å². The number of amides is 1. The van der Waals surface area contributed by atoms with Crippen molar-refractivity contribution in [2.45, 2.75) is 25.9 Å². The van der Waals surface area contributed by atoms with Crippen LogP contribution in [0, 0.1) is 0 Å².